The van der Waals surface area contributed by atoms with E-state index < -0.39 is 0 Å². The lowest BCUT2D eigenvalue weighted by Crippen LogP contribution is -2.38. The first-order valence-corrected chi connectivity index (χ1v) is 7.30. The molecule has 7 heteroatoms. The Morgan fingerprint density at radius 1 is 1.43 bits per heavy atom. The van der Waals surface area contributed by atoms with E-state index in [2.05, 4.69) is 9.55 Å². The van der Waals surface area contributed by atoms with Crippen molar-refractivity contribution in [3.05, 3.63) is 18.2 Å². The fraction of sp³-hybridized carbons (Fsp3) is 0.643. The summed E-state index contributed by atoms with van der Waals surface area (Å²) in [4.78, 5) is 31.7. The van der Waals surface area contributed by atoms with E-state index in [-0.39, 0.29) is 24.4 Å². The largest absolute Gasteiger partial charge is 0.383 e. The number of methoxy groups -OCH3 is 1. The molecule has 1 saturated heterocycles. The van der Waals surface area contributed by atoms with Gasteiger partial charge in [-0.25, -0.2) is 9.78 Å². The first kappa shape index (κ1) is 14.1. The zero-order valence-corrected chi connectivity index (χ0v) is 12.2. The van der Waals surface area contributed by atoms with Crippen LogP contribution >= 0.6 is 0 Å². The van der Waals surface area contributed by atoms with Crippen LogP contribution in [0.2, 0.25) is 0 Å². The van der Waals surface area contributed by atoms with Gasteiger partial charge in [0.05, 0.1) is 6.61 Å². The summed E-state index contributed by atoms with van der Waals surface area (Å²) in [5.41, 5.74) is 0. The monoisotopic (exact) mass is 292 g/mol. The first-order valence-electron chi connectivity index (χ1n) is 7.30. The smallest absolute Gasteiger partial charge is 0.327 e. The third kappa shape index (κ3) is 2.65. The number of aryl methyl sites for hydroxylation is 1. The van der Waals surface area contributed by atoms with Crippen LogP contribution in [0.1, 0.15) is 24.6 Å². The number of imidazole rings is 1. The number of hydrogen-bond acceptors (Lipinski definition) is 4. The summed E-state index contributed by atoms with van der Waals surface area (Å²) < 4.78 is 7.08. The van der Waals surface area contributed by atoms with Gasteiger partial charge in [0.1, 0.15) is 12.4 Å². The minimum absolute atomic E-state index is 0.125. The molecule has 0 aromatic carbocycles. The van der Waals surface area contributed by atoms with Crippen LogP contribution in [0.4, 0.5) is 4.79 Å². The number of nitrogens with zero attached hydrogens (tertiary/aromatic N) is 4. The van der Waals surface area contributed by atoms with Gasteiger partial charge in [-0.3, -0.25) is 9.69 Å². The highest BCUT2D eigenvalue weighted by Crippen LogP contribution is 2.27. The summed E-state index contributed by atoms with van der Waals surface area (Å²) in [5, 5.41) is 0. The zero-order valence-electron chi connectivity index (χ0n) is 12.2. The van der Waals surface area contributed by atoms with Gasteiger partial charge < -0.3 is 14.2 Å². The number of carbonyl (C=O) groups excluding carboxylic acids is 2. The molecule has 114 valence electrons. The Kier molecular flexibility index (Phi) is 3.92. The van der Waals surface area contributed by atoms with Gasteiger partial charge in [-0.1, -0.05) is 0 Å². The highest BCUT2D eigenvalue weighted by atomic mass is 16.5. The molecule has 0 spiro atoms. The molecule has 1 unspecified atom stereocenters. The van der Waals surface area contributed by atoms with E-state index in [1.165, 1.54) is 4.90 Å². The van der Waals surface area contributed by atoms with Crippen molar-refractivity contribution in [2.75, 3.05) is 33.4 Å². The van der Waals surface area contributed by atoms with Gasteiger partial charge in [0.2, 0.25) is 5.91 Å². The summed E-state index contributed by atoms with van der Waals surface area (Å²) in [6.45, 7) is 2.45. The first-order chi connectivity index (χ1) is 10.2. The van der Waals surface area contributed by atoms with Crippen molar-refractivity contribution in [3.63, 3.8) is 0 Å². The van der Waals surface area contributed by atoms with Crippen molar-refractivity contribution >= 4 is 11.9 Å². The maximum atomic E-state index is 12.3. The number of carbonyl (C=O) groups is 2. The van der Waals surface area contributed by atoms with E-state index in [1.807, 2.05) is 6.20 Å². The standard InChI is InChI=1S/C14H20N4O3/c1-21-8-7-17-10-12(19)18(14(17)20)9-11-3-2-5-16-6-4-15-13(11)16/h4,6,11H,2-3,5,7-10H2,1H3. The molecule has 21 heavy (non-hydrogen) atoms. The van der Waals surface area contributed by atoms with Crippen molar-refractivity contribution in [2.45, 2.75) is 25.3 Å². The van der Waals surface area contributed by atoms with Gasteiger partial charge in [-0.15, -0.1) is 0 Å². The molecule has 2 aliphatic rings. The number of hydrogen-bond donors (Lipinski definition) is 0. The molecule has 7 nitrogen and oxygen atoms in total. The SMILES string of the molecule is COCCN1CC(=O)N(CC2CCCn3ccnc32)C1=O. The van der Waals surface area contributed by atoms with Gasteiger partial charge in [0.15, 0.2) is 0 Å². The molecule has 1 aromatic rings. The van der Waals surface area contributed by atoms with Crippen LogP contribution in [-0.2, 0) is 16.1 Å². The molecule has 0 radical (unpaired) electrons. The van der Waals surface area contributed by atoms with Crippen molar-refractivity contribution in [2.24, 2.45) is 0 Å². The van der Waals surface area contributed by atoms with Crippen LogP contribution in [0, 0.1) is 0 Å². The van der Waals surface area contributed by atoms with Gasteiger partial charge >= 0.3 is 6.03 Å². The van der Waals surface area contributed by atoms with Crippen molar-refractivity contribution in [3.8, 4) is 0 Å². The number of rotatable bonds is 5. The second-order valence-electron chi connectivity index (χ2n) is 5.52. The molecule has 0 saturated carbocycles. The Balaban J connectivity index is 1.68. The maximum Gasteiger partial charge on any atom is 0.327 e. The lowest BCUT2D eigenvalue weighted by molar-refractivity contribution is -0.125. The number of amides is 3. The third-order valence-corrected chi connectivity index (χ3v) is 4.16. The minimum Gasteiger partial charge on any atom is -0.383 e. The van der Waals surface area contributed by atoms with Gasteiger partial charge in [0, 0.05) is 45.1 Å². The Labute approximate surface area is 123 Å². The molecule has 2 aliphatic heterocycles. The topological polar surface area (TPSA) is 67.7 Å². The molecular formula is C14H20N4O3. The number of urea groups is 1. The number of aromatic nitrogens is 2. The minimum atomic E-state index is -0.208. The predicted octanol–water partition coefficient (Wildman–Crippen LogP) is 0.671. The number of imide groups is 1. The predicted molar refractivity (Wildman–Crippen MR) is 74.8 cm³/mol. The quantitative estimate of drug-likeness (QED) is 0.748. The Morgan fingerprint density at radius 2 is 2.29 bits per heavy atom. The van der Waals surface area contributed by atoms with Crippen molar-refractivity contribution in [1.29, 1.82) is 0 Å². The van der Waals surface area contributed by atoms with Crippen molar-refractivity contribution < 1.29 is 14.3 Å². The highest BCUT2D eigenvalue weighted by molar-refractivity contribution is 6.02. The molecule has 1 atom stereocenters. The van der Waals surface area contributed by atoms with Crippen LogP contribution in [0.25, 0.3) is 0 Å². The average molecular weight is 292 g/mol. The molecule has 1 aromatic heterocycles. The van der Waals surface area contributed by atoms with Crippen LogP contribution < -0.4 is 0 Å². The van der Waals surface area contributed by atoms with Crippen LogP contribution in [0.3, 0.4) is 0 Å². The lowest BCUT2D eigenvalue weighted by atomic mass is 9.98. The maximum absolute atomic E-state index is 12.3. The molecule has 3 rings (SSSR count). The normalized spacial score (nSPS) is 22.0. The summed E-state index contributed by atoms with van der Waals surface area (Å²) in [7, 11) is 1.59. The molecule has 1 fully saturated rings. The molecule has 0 bridgehead atoms. The Bertz CT molecular complexity index is 542. The number of fused-ring (bicyclic) bond motifs is 1. The fourth-order valence-electron chi connectivity index (χ4n) is 3.05. The van der Waals surface area contributed by atoms with Gasteiger partial charge in [-0.2, -0.15) is 0 Å². The summed E-state index contributed by atoms with van der Waals surface area (Å²) in [5.74, 6) is 1.00. The van der Waals surface area contributed by atoms with E-state index in [4.69, 9.17) is 4.74 Å². The van der Waals surface area contributed by atoms with Gasteiger partial charge in [0.25, 0.3) is 0 Å². The fourth-order valence-corrected chi connectivity index (χ4v) is 3.05. The zero-order chi connectivity index (χ0) is 14.8. The van der Waals surface area contributed by atoms with Crippen LogP contribution in [0.15, 0.2) is 12.4 Å². The Hall–Kier alpha value is -1.89. The second-order valence-corrected chi connectivity index (χ2v) is 5.52. The summed E-state index contributed by atoms with van der Waals surface area (Å²) in [6, 6.07) is -0.208. The van der Waals surface area contributed by atoms with Crippen molar-refractivity contribution in [1.82, 2.24) is 19.4 Å². The van der Waals surface area contributed by atoms with E-state index in [9.17, 15) is 9.59 Å². The lowest BCUT2D eigenvalue weighted by Gasteiger charge is -2.26. The van der Waals surface area contributed by atoms with Crippen LogP contribution in [0.5, 0.6) is 0 Å². The average Bonchev–Trinajstić information content (AvgIpc) is 3.05. The summed E-state index contributed by atoms with van der Waals surface area (Å²) >= 11 is 0. The third-order valence-electron chi connectivity index (χ3n) is 4.16. The Morgan fingerprint density at radius 3 is 3.10 bits per heavy atom. The summed E-state index contributed by atoms with van der Waals surface area (Å²) in [6.07, 6.45) is 5.76. The molecular weight excluding hydrogens is 272 g/mol. The molecule has 3 amide bonds. The highest BCUT2D eigenvalue weighted by Gasteiger charge is 2.38. The van der Waals surface area contributed by atoms with E-state index in [0.717, 1.165) is 25.2 Å². The molecule has 0 N–H and O–H groups in total. The van der Waals surface area contributed by atoms with E-state index in [0.29, 0.717) is 19.7 Å². The van der Waals surface area contributed by atoms with E-state index >= 15 is 0 Å². The number of ether oxygens (including phenoxy) is 1. The van der Waals surface area contributed by atoms with Gasteiger partial charge in [-0.05, 0) is 12.8 Å². The van der Waals surface area contributed by atoms with E-state index in [1.54, 1.807) is 18.2 Å². The van der Waals surface area contributed by atoms with Crippen LogP contribution in [-0.4, -0.2) is 64.6 Å². The molecule has 3 heterocycles. The molecule has 0 aliphatic carbocycles. The second kappa shape index (κ2) is 5.85.